The Balaban J connectivity index is 2.29. The molecule has 1 aliphatic rings. The van der Waals surface area contributed by atoms with Crippen LogP contribution in [0, 0.1) is 0 Å². The maximum atomic E-state index is 5.90. The molecule has 1 aromatic rings. The lowest BCUT2D eigenvalue weighted by Gasteiger charge is -2.37. The molecule has 1 aromatic heterocycles. The number of nitrogens with zero attached hydrogens (tertiary/aromatic N) is 2. The highest BCUT2D eigenvalue weighted by molar-refractivity contribution is 9.10. The SMILES string of the molecule is CN(c1c(N)cncc1Br)C1CCC1. The van der Waals surface area contributed by atoms with Crippen LogP contribution in [0.2, 0.25) is 0 Å². The maximum Gasteiger partial charge on any atom is 0.0775 e. The summed E-state index contributed by atoms with van der Waals surface area (Å²) in [5.74, 6) is 0. The molecule has 0 amide bonds. The molecule has 1 saturated carbocycles. The molecule has 0 saturated heterocycles. The van der Waals surface area contributed by atoms with Gasteiger partial charge < -0.3 is 10.6 Å². The van der Waals surface area contributed by atoms with Crippen molar-refractivity contribution in [3.05, 3.63) is 16.9 Å². The first-order valence-corrected chi connectivity index (χ1v) is 5.61. The topological polar surface area (TPSA) is 42.1 Å². The summed E-state index contributed by atoms with van der Waals surface area (Å²) < 4.78 is 0.979. The van der Waals surface area contributed by atoms with E-state index in [4.69, 9.17) is 5.73 Å². The number of hydrogen-bond acceptors (Lipinski definition) is 3. The number of aromatic nitrogens is 1. The third kappa shape index (κ3) is 1.59. The van der Waals surface area contributed by atoms with Crippen LogP contribution in [-0.4, -0.2) is 18.1 Å². The van der Waals surface area contributed by atoms with Gasteiger partial charge >= 0.3 is 0 Å². The minimum Gasteiger partial charge on any atom is -0.396 e. The van der Waals surface area contributed by atoms with Crippen molar-refractivity contribution in [1.29, 1.82) is 0 Å². The smallest absolute Gasteiger partial charge is 0.0775 e. The number of nitrogens with two attached hydrogens (primary N) is 1. The second kappa shape index (κ2) is 3.77. The van der Waals surface area contributed by atoms with Gasteiger partial charge in [-0.1, -0.05) is 0 Å². The van der Waals surface area contributed by atoms with E-state index in [9.17, 15) is 0 Å². The summed E-state index contributed by atoms with van der Waals surface area (Å²) in [7, 11) is 2.10. The summed E-state index contributed by atoms with van der Waals surface area (Å²) in [6.45, 7) is 0. The molecular formula is C10H14BrN3. The van der Waals surface area contributed by atoms with Gasteiger partial charge in [0, 0.05) is 19.3 Å². The van der Waals surface area contributed by atoms with Crippen LogP contribution in [0.5, 0.6) is 0 Å². The van der Waals surface area contributed by atoms with E-state index in [2.05, 4.69) is 32.9 Å². The fraction of sp³-hybridized carbons (Fsp3) is 0.500. The summed E-state index contributed by atoms with van der Waals surface area (Å²) in [5.41, 5.74) is 7.72. The number of nitrogen functional groups attached to an aromatic ring is 1. The van der Waals surface area contributed by atoms with Crippen LogP contribution in [0.1, 0.15) is 19.3 Å². The van der Waals surface area contributed by atoms with Gasteiger partial charge in [-0.3, -0.25) is 4.98 Å². The molecule has 1 heterocycles. The fourth-order valence-corrected chi connectivity index (χ4v) is 2.40. The van der Waals surface area contributed by atoms with Gasteiger partial charge in [0.25, 0.3) is 0 Å². The Hall–Kier alpha value is -0.770. The lowest BCUT2D eigenvalue weighted by atomic mass is 9.91. The van der Waals surface area contributed by atoms with Crippen LogP contribution in [-0.2, 0) is 0 Å². The van der Waals surface area contributed by atoms with E-state index in [0.29, 0.717) is 6.04 Å². The van der Waals surface area contributed by atoms with Gasteiger partial charge in [-0.05, 0) is 35.2 Å². The number of rotatable bonds is 2. The molecule has 4 heteroatoms. The molecule has 0 aromatic carbocycles. The Kier molecular flexibility index (Phi) is 2.63. The summed E-state index contributed by atoms with van der Waals surface area (Å²) in [4.78, 5) is 6.29. The van der Waals surface area contributed by atoms with Crippen molar-refractivity contribution in [2.24, 2.45) is 0 Å². The first-order chi connectivity index (χ1) is 6.70. The Morgan fingerprint density at radius 1 is 1.50 bits per heavy atom. The van der Waals surface area contributed by atoms with Gasteiger partial charge in [0.15, 0.2) is 0 Å². The van der Waals surface area contributed by atoms with Gasteiger partial charge in [-0.15, -0.1) is 0 Å². The maximum absolute atomic E-state index is 5.90. The highest BCUT2D eigenvalue weighted by atomic mass is 79.9. The highest BCUT2D eigenvalue weighted by Crippen LogP contribution is 2.35. The molecule has 0 atom stereocenters. The molecule has 2 N–H and O–H groups in total. The Bertz CT molecular complexity index is 316. The second-order valence-corrected chi connectivity index (χ2v) is 4.61. The van der Waals surface area contributed by atoms with E-state index in [0.717, 1.165) is 15.8 Å². The zero-order valence-electron chi connectivity index (χ0n) is 8.20. The van der Waals surface area contributed by atoms with Crippen LogP contribution in [0.3, 0.4) is 0 Å². The predicted octanol–water partition coefficient (Wildman–Crippen LogP) is 2.42. The standard InChI is InChI=1S/C10H14BrN3/c1-14(7-3-2-4-7)10-8(11)5-13-6-9(10)12/h5-7H,2-4,12H2,1H3. The van der Waals surface area contributed by atoms with Crippen LogP contribution in [0.15, 0.2) is 16.9 Å². The summed E-state index contributed by atoms with van der Waals surface area (Å²) in [5, 5.41) is 0. The molecule has 1 aliphatic carbocycles. The van der Waals surface area contributed by atoms with Gasteiger partial charge in [-0.2, -0.15) is 0 Å². The van der Waals surface area contributed by atoms with Gasteiger partial charge in [-0.25, -0.2) is 0 Å². The van der Waals surface area contributed by atoms with Crippen molar-refractivity contribution >= 4 is 27.3 Å². The third-order valence-electron chi connectivity index (χ3n) is 2.88. The summed E-state index contributed by atoms with van der Waals surface area (Å²) >= 11 is 3.49. The van der Waals surface area contributed by atoms with Gasteiger partial charge in [0.2, 0.25) is 0 Å². The van der Waals surface area contributed by atoms with E-state index in [-0.39, 0.29) is 0 Å². The minimum atomic E-state index is 0.649. The molecule has 1 fully saturated rings. The quantitative estimate of drug-likeness (QED) is 0.883. The molecule has 2 rings (SSSR count). The van der Waals surface area contributed by atoms with Crippen molar-refractivity contribution in [2.45, 2.75) is 25.3 Å². The van der Waals surface area contributed by atoms with Crippen LogP contribution in [0.25, 0.3) is 0 Å². The number of pyridine rings is 1. The molecule has 0 radical (unpaired) electrons. The van der Waals surface area contributed by atoms with E-state index in [1.807, 2.05) is 0 Å². The molecule has 0 bridgehead atoms. The van der Waals surface area contributed by atoms with Crippen LogP contribution in [0.4, 0.5) is 11.4 Å². The average Bonchev–Trinajstić information content (AvgIpc) is 2.00. The molecule has 76 valence electrons. The summed E-state index contributed by atoms with van der Waals surface area (Å²) in [6, 6.07) is 0.649. The lowest BCUT2D eigenvalue weighted by Crippen LogP contribution is -2.37. The van der Waals surface area contributed by atoms with Crippen molar-refractivity contribution in [1.82, 2.24) is 4.98 Å². The zero-order valence-corrected chi connectivity index (χ0v) is 9.79. The van der Waals surface area contributed by atoms with Crippen molar-refractivity contribution in [3.8, 4) is 0 Å². The minimum absolute atomic E-state index is 0.649. The molecule has 3 nitrogen and oxygen atoms in total. The average molecular weight is 256 g/mol. The molecule has 0 unspecified atom stereocenters. The normalized spacial score (nSPS) is 16.4. The second-order valence-electron chi connectivity index (χ2n) is 3.75. The highest BCUT2D eigenvalue weighted by Gasteiger charge is 2.24. The van der Waals surface area contributed by atoms with Crippen LogP contribution >= 0.6 is 15.9 Å². The molecule has 14 heavy (non-hydrogen) atoms. The molecular weight excluding hydrogens is 242 g/mol. The summed E-state index contributed by atoms with van der Waals surface area (Å²) in [6.07, 6.45) is 7.36. The van der Waals surface area contributed by atoms with Gasteiger partial charge in [0.05, 0.1) is 22.0 Å². The van der Waals surface area contributed by atoms with E-state index < -0.39 is 0 Å². The predicted molar refractivity (Wildman–Crippen MR) is 62.4 cm³/mol. The van der Waals surface area contributed by atoms with E-state index >= 15 is 0 Å². The monoisotopic (exact) mass is 255 g/mol. The van der Waals surface area contributed by atoms with E-state index in [1.165, 1.54) is 19.3 Å². The van der Waals surface area contributed by atoms with Gasteiger partial charge in [0.1, 0.15) is 0 Å². The van der Waals surface area contributed by atoms with Crippen LogP contribution < -0.4 is 10.6 Å². The first kappa shape index (κ1) is 9.77. The third-order valence-corrected chi connectivity index (χ3v) is 3.46. The van der Waals surface area contributed by atoms with Crippen molar-refractivity contribution in [3.63, 3.8) is 0 Å². The Morgan fingerprint density at radius 3 is 2.71 bits per heavy atom. The number of anilines is 2. The number of hydrogen-bond donors (Lipinski definition) is 1. The zero-order chi connectivity index (χ0) is 10.1. The lowest BCUT2D eigenvalue weighted by molar-refractivity contribution is 0.401. The fourth-order valence-electron chi connectivity index (χ4n) is 1.77. The largest absolute Gasteiger partial charge is 0.396 e. The first-order valence-electron chi connectivity index (χ1n) is 4.82. The number of halogens is 1. The van der Waals surface area contributed by atoms with Crippen molar-refractivity contribution < 1.29 is 0 Å². The van der Waals surface area contributed by atoms with Crippen molar-refractivity contribution in [2.75, 3.05) is 17.7 Å². The molecule has 0 spiro atoms. The van der Waals surface area contributed by atoms with E-state index in [1.54, 1.807) is 12.4 Å². The Labute approximate surface area is 92.4 Å². The molecule has 0 aliphatic heterocycles. The Morgan fingerprint density at radius 2 is 2.21 bits per heavy atom.